The number of likely N-dealkylation sites (N-methyl/N-ethyl adjacent to an activating group) is 1. The molecule has 7 nitrogen and oxygen atoms in total. The summed E-state index contributed by atoms with van der Waals surface area (Å²) in [5.41, 5.74) is 1.35. The summed E-state index contributed by atoms with van der Waals surface area (Å²) in [5, 5.41) is 14.8. The number of carbonyl (C=O) groups is 2. The van der Waals surface area contributed by atoms with Gasteiger partial charge in [0, 0.05) is 32.7 Å². The second kappa shape index (κ2) is 13.1. The second-order valence-electron chi connectivity index (χ2n) is 6.94. The molecule has 158 valence electrons. The normalized spacial score (nSPS) is 16.0. The van der Waals surface area contributed by atoms with E-state index in [0.29, 0.717) is 5.92 Å². The maximum atomic E-state index is 9.10. The van der Waals surface area contributed by atoms with Gasteiger partial charge in [0.05, 0.1) is 6.61 Å². The van der Waals surface area contributed by atoms with Crippen molar-refractivity contribution in [3.63, 3.8) is 0 Å². The molecule has 0 saturated carbocycles. The highest BCUT2D eigenvalue weighted by molar-refractivity contribution is 6.27. The summed E-state index contributed by atoms with van der Waals surface area (Å²) in [6.07, 6.45) is 2.27. The van der Waals surface area contributed by atoms with Crippen molar-refractivity contribution < 1.29 is 24.5 Å². The monoisotopic (exact) mass is 394 g/mol. The highest BCUT2D eigenvalue weighted by atomic mass is 16.5. The third-order valence-corrected chi connectivity index (χ3v) is 5.03. The van der Waals surface area contributed by atoms with Crippen molar-refractivity contribution >= 4 is 11.9 Å². The van der Waals surface area contributed by atoms with Crippen LogP contribution in [0.4, 0.5) is 0 Å². The Kier molecular flexibility index (Phi) is 11.2. The first-order chi connectivity index (χ1) is 13.4. The van der Waals surface area contributed by atoms with E-state index in [1.807, 2.05) is 0 Å². The van der Waals surface area contributed by atoms with Crippen molar-refractivity contribution in [3.8, 4) is 5.75 Å². The molecule has 0 radical (unpaired) electrons. The highest BCUT2D eigenvalue weighted by Gasteiger charge is 2.15. The van der Waals surface area contributed by atoms with Crippen molar-refractivity contribution in [2.75, 3.05) is 45.9 Å². The highest BCUT2D eigenvalue weighted by Crippen LogP contribution is 2.28. The molecule has 0 aromatic heterocycles. The molecule has 0 spiro atoms. The minimum Gasteiger partial charge on any atom is -0.493 e. The van der Waals surface area contributed by atoms with E-state index >= 15 is 0 Å². The van der Waals surface area contributed by atoms with E-state index in [4.69, 9.17) is 24.5 Å². The van der Waals surface area contributed by atoms with Gasteiger partial charge in [-0.1, -0.05) is 39.0 Å². The minimum atomic E-state index is -1.82. The predicted octanol–water partition coefficient (Wildman–Crippen LogP) is 2.76. The van der Waals surface area contributed by atoms with Crippen molar-refractivity contribution in [2.24, 2.45) is 0 Å². The first-order valence-corrected chi connectivity index (χ1v) is 10.0. The van der Waals surface area contributed by atoms with Crippen molar-refractivity contribution in [2.45, 2.75) is 39.5 Å². The SMILES string of the molecule is CCC(C)c1ccccc1OCCCN1CCN(CC)CC1.O=C(O)C(=O)O. The van der Waals surface area contributed by atoms with Crippen LogP contribution in [0.15, 0.2) is 24.3 Å². The fourth-order valence-corrected chi connectivity index (χ4v) is 3.04. The maximum absolute atomic E-state index is 9.10. The molecule has 7 heteroatoms. The van der Waals surface area contributed by atoms with Crippen molar-refractivity contribution in [1.29, 1.82) is 0 Å². The molecule has 1 atom stereocenters. The quantitative estimate of drug-likeness (QED) is 0.517. The summed E-state index contributed by atoms with van der Waals surface area (Å²) in [6, 6.07) is 8.50. The average Bonchev–Trinajstić information content (AvgIpc) is 2.71. The summed E-state index contributed by atoms with van der Waals surface area (Å²) < 4.78 is 6.06. The maximum Gasteiger partial charge on any atom is 0.414 e. The number of rotatable bonds is 8. The predicted molar refractivity (Wildman–Crippen MR) is 109 cm³/mol. The van der Waals surface area contributed by atoms with Gasteiger partial charge in [0.2, 0.25) is 0 Å². The first kappa shape index (κ1) is 23.9. The summed E-state index contributed by atoms with van der Waals surface area (Å²) in [5.74, 6) is -2.00. The molecule has 0 aliphatic carbocycles. The van der Waals surface area contributed by atoms with Gasteiger partial charge in [-0.25, -0.2) is 9.59 Å². The van der Waals surface area contributed by atoms with Crippen LogP contribution in [0.25, 0.3) is 0 Å². The van der Waals surface area contributed by atoms with E-state index < -0.39 is 11.9 Å². The number of piperazine rings is 1. The molecule has 1 fully saturated rings. The number of para-hydroxylation sites is 1. The zero-order chi connectivity index (χ0) is 20.9. The van der Waals surface area contributed by atoms with E-state index in [2.05, 4.69) is 54.8 Å². The molecule has 0 bridgehead atoms. The van der Waals surface area contributed by atoms with Gasteiger partial charge in [0.25, 0.3) is 0 Å². The third-order valence-electron chi connectivity index (χ3n) is 5.03. The van der Waals surface area contributed by atoms with Gasteiger partial charge in [-0.05, 0) is 36.9 Å². The van der Waals surface area contributed by atoms with Crippen LogP contribution < -0.4 is 4.74 Å². The van der Waals surface area contributed by atoms with Gasteiger partial charge in [0.15, 0.2) is 0 Å². The molecule has 1 aromatic rings. The number of carboxylic acid groups (broad SMARTS) is 2. The molecule has 1 saturated heterocycles. The molecule has 2 rings (SSSR count). The average molecular weight is 395 g/mol. The summed E-state index contributed by atoms with van der Waals surface area (Å²) in [6.45, 7) is 14.8. The first-order valence-electron chi connectivity index (χ1n) is 10.0. The molecule has 1 unspecified atom stereocenters. The van der Waals surface area contributed by atoms with Crippen LogP contribution >= 0.6 is 0 Å². The van der Waals surface area contributed by atoms with Gasteiger partial charge in [-0.2, -0.15) is 0 Å². The van der Waals surface area contributed by atoms with E-state index in [1.54, 1.807) is 0 Å². The van der Waals surface area contributed by atoms with Gasteiger partial charge in [-0.3, -0.25) is 0 Å². The molecule has 1 aromatic carbocycles. The molecule has 28 heavy (non-hydrogen) atoms. The lowest BCUT2D eigenvalue weighted by Gasteiger charge is -2.33. The van der Waals surface area contributed by atoms with Gasteiger partial charge in [-0.15, -0.1) is 0 Å². The number of carboxylic acids is 2. The second-order valence-corrected chi connectivity index (χ2v) is 6.94. The van der Waals surface area contributed by atoms with Gasteiger partial charge >= 0.3 is 11.9 Å². The van der Waals surface area contributed by atoms with Crippen LogP contribution in [0.3, 0.4) is 0 Å². The number of hydrogen-bond acceptors (Lipinski definition) is 5. The fourth-order valence-electron chi connectivity index (χ4n) is 3.04. The number of hydrogen-bond donors (Lipinski definition) is 2. The van der Waals surface area contributed by atoms with Crippen molar-refractivity contribution in [3.05, 3.63) is 29.8 Å². The largest absolute Gasteiger partial charge is 0.493 e. The van der Waals surface area contributed by atoms with E-state index in [-0.39, 0.29) is 0 Å². The van der Waals surface area contributed by atoms with Gasteiger partial charge in [0.1, 0.15) is 5.75 Å². The molecule has 1 aliphatic heterocycles. The molecule has 2 N–H and O–H groups in total. The van der Waals surface area contributed by atoms with E-state index in [9.17, 15) is 0 Å². The molecule has 1 heterocycles. The number of nitrogens with zero attached hydrogens (tertiary/aromatic N) is 2. The zero-order valence-corrected chi connectivity index (χ0v) is 17.3. The Morgan fingerprint density at radius 1 is 1.04 bits per heavy atom. The van der Waals surface area contributed by atoms with Crippen LogP contribution in [0.1, 0.15) is 45.1 Å². The Morgan fingerprint density at radius 2 is 1.61 bits per heavy atom. The fraction of sp³-hybridized carbons (Fsp3) is 0.619. The smallest absolute Gasteiger partial charge is 0.414 e. The Hall–Kier alpha value is -2.12. The van der Waals surface area contributed by atoms with Crippen LogP contribution in [0.5, 0.6) is 5.75 Å². The van der Waals surface area contributed by atoms with Gasteiger partial charge < -0.3 is 24.7 Å². The zero-order valence-electron chi connectivity index (χ0n) is 17.3. The lowest BCUT2D eigenvalue weighted by atomic mass is 9.98. The Morgan fingerprint density at radius 3 is 2.14 bits per heavy atom. The Balaban J connectivity index is 0.000000568. The summed E-state index contributed by atoms with van der Waals surface area (Å²) >= 11 is 0. The summed E-state index contributed by atoms with van der Waals surface area (Å²) in [7, 11) is 0. The standard InChI is InChI=1S/C19H32N2O.C2H2O4/c1-4-17(3)18-9-6-7-10-19(18)22-16-8-11-21-14-12-20(5-2)13-15-21;3-1(4)2(5)6/h6-7,9-10,17H,4-5,8,11-16H2,1-3H3;(H,3,4)(H,5,6). The topological polar surface area (TPSA) is 90.3 Å². The third kappa shape index (κ3) is 8.71. The number of aliphatic carboxylic acids is 2. The molecular weight excluding hydrogens is 360 g/mol. The summed E-state index contributed by atoms with van der Waals surface area (Å²) in [4.78, 5) is 23.3. The van der Waals surface area contributed by atoms with Crippen molar-refractivity contribution in [1.82, 2.24) is 9.80 Å². The Labute approximate surface area is 167 Å². The lowest BCUT2D eigenvalue weighted by molar-refractivity contribution is -0.159. The lowest BCUT2D eigenvalue weighted by Crippen LogP contribution is -2.46. The van der Waals surface area contributed by atoms with Crippen LogP contribution in [-0.2, 0) is 9.59 Å². The molecular formula is C21H34N2O5. The van der Waals surface area contributed by atoms with Crippen LogP contribution in [0.2, 0.25) is 0 Å². The van der Waals surface area contributed by atoms with E-state index in [1.165, 1.54) is 38.3 Å². The van der Waals surface area contributed by atoms with Crippen LogP contribution in [-0.4, -0.2) is 77.8 Å². The minimum absolute atomic E-state index is 0.568. The Bertz CT molecular complexity index is 588. The number of benzene rings is 1. The van der Waals surface area contributed by atoms with Crippen LogP contribution in [0, 0.1) is 0 Å². The van der Waals surface area contributed by atoms with E-state index in [0.717, 1.165) is 31.7 Å². The number of ether oxygens (including phenoxy) is 1. The molecule has 1 aliphatic rings. The molecule has 0 amide bonds.